The first-order valence-corrected chi connectivity index (χ1v) is 10.4. The van der Waals surface area contributed by atoms with Gasteiger partial charge in [-0.15, -0.1) is 0 Å². The van der Waals surface area contributed by atoms with E-state index in [1.807, 2.05) is 37.3 Å². The minimum Gasteiger partial charge on any atom is -0.489 e. The van der Waals surface area contributed by atoms with Gasteiger partial charge in [0.25, 0.3) is 5.69 Å². The van der Waals surface area contributed by atoms with Crippen LogP contribution < -0.4 is 14.2 Å². The first kappa shape index (κ1) is 20.5. The zero-order chi connectivity index (χ0) is 22.9. The number of nitrogens with zero attached hydrogens (tertiary/aromatic N) is 1. The molecule has 0 spiro atoms. The van der Waals surface area contributed by atoms with E-state index in [1.54, 1.807) is 36.4 Å². The van der Waals surface area contributed by atoms with E-state index in [0.29, 0.717) is 17.1 Å². The predicted molar refractivity (Wildman–Crippen MR) is 121 cm³/mol. The van der Waals surface area contributed by atoms with Gasteiger partial charge < -0.3 is 14.2 Å². The number of allylic oxidation sites excluding steroid dienone is 1. The van der Waals surface area contributed by atoms with E-state index in [1.165, 1.54) is 12.1 Å². The SMILES string of the molecule is C[C@@H]1Oc2ccccc2C=C1/C=C1\Oc2cc(OCc3ccc([N+](=O)[O-])cc3)ccc2C1=O. The summed E-state index contributed by atoms with van der Waals surface area (Å²) >= 11 is 0. The van der Waals surface area contributed by atoms with Crippen LogP contribution in [0.1, 0.15) is 28.4 Å². The molecule has 2 heterocycles. The number of rotatable bonds is 5. The number of fused-ring (bicyclic) bond motifs is 2. The van der Waals surface area contributed by atoms with Gasteiger partial charge >= 0.3 is 0 Å². The summed E-state index contributed by atoms with van der Waals surface area (Å²) in [5.74, 6) is 1.81. The van der Waals surface area contributed by atoms with Crippen molar-refractivity contribution in [2.75, 3.05) is 0 Å². The summed E-state index contributed by atoms with van der Waals surface area (Å²) in [5, 5.41) is 10.8. The molecule has 0 radical (unpaired) electrons. The summed E-state index contributed by atoms with van der Waals surface area (Å²) in [6, 6.07) is 18.9. The minimum atomic E-state index is -0.445. The number of hydrogen-bond donors (Lipinski definition) is 0. The molecule has 0 fully saturated rings. The third kappa shape index (κ3) is 4.08. The molecule has 3 aromatic rings. The van der Waals surface area contributed by atoms with Crippen LogP contribution in [0.15, 0.2) is 84.1 Å². The molecule has 7 heteroatoms. The molecule has 2 aliphatic rings. The summed E-state index contributed by atoms with van der Waals surface area (Å²) in [6.45, 7) is 2.16. The van der Waals surface area contributed by atoms with Gasteiger partial charge in [0.2, 0.25) is 5.78 Å². The largest absolute Gasteiger partial charge is 0.489 e. The van der Waals surface area contributed by atoms with E-state index >= 15 is 0 Å². The van der Waals surface area contributed by atoms with Crippen molar-refractivity contribution < 1.29 is 23.9 Å². The molecular weight excluding hydrogens is 422 g/mol. The summed E-state index contributed by atoms with van der Waals surface area (Å²) in [4.78, 5) is 23.2. The number of benzene rings is 3. The van der Waals surface area contributed by atoms with E-state index in [4.69, 9.17) is 14.2 Å². The number of carbonyl (C=O) groups is 1. The first-order chi connectivity index (χ1) is 16.0. The molecular formula is C26H19NO6. The summed E-state index contributed by atoms with van der Waals surface area (Å²) in [7, 11) is 0. The van der Waals surface area contributed by atoms with Gasteiger partial charge in [-0.1, -0.05) is 18.2 Å². The molecule has 0 aromatic heterocycles. The fraction of sp³-hybridized carbons (Fsp3) is 0.115. The highest BCUT2D eigenvalue weighted by molar-refractivity contribution is 6.12. The fourth-order valence-corrected chi connectivity index (χ4v) is 3.71. The molecule has 7 nitrogen and oxygen atoms in total. The zero-order valence-electron chi connectivity index (χ0n) is 17.7. The Bertz CT molecular complexity index is 1320. The third-order valence-corrected chi connectivity index (χ3v) is 5.51. The first-order valence-electron chi connectivity index (χ1n) is 10.4. The maximum Gasteiger partial charge on any atom is 0.269 e. The van der Waals surface area contributed by atoms with Crippen molar-refractivity contribution in [3.8, 4) is 17.2 Å². The lowest BCUT2D eigenvalue weighted by molar-refractivity contribution is -0.384. The van der Waals surface area contributed by atoms with Crippen molar-refractivity contribution >= 4 is 17.5 Å². The fourth-order valence-electron chi connectivity index (χ4n) is 3.71. The normalized spacial score (nSPS) is 17.5. The maximum atomic E-state index is 12.8. The smallest absolute Gasteiger partial charge is 0.269 e. The number of non-ortho nitro benzene ring substituents is 1. The molecule has 3 aromatic carbocycles. The van der Waals surface area contributed by atoms with Gasteiger partial charge in [0.1, 0.15) is 30.0 Å². The van der Waals surface area contributed by atoms with Gasteiger partial charge in [-0.05, 0) is 60.5 Å². The van der Waals surface area contributed by atoms with Crippen LogP contribution in [0.4, 0.5) is 5.69 Å². The van der Waals surface area contributed by atoms with Crippen LogP contribution in [0, 0.1) is 10.1 Å². The van der Waals surface area contributed by atoms with Gasteiger partial charge in [-0.25, -0.2) is 0 Å². The Morgan fingerprint density at radius 1 is 1.06 bits per heavy atom. The van der Waals surface area contributed by atoms with Gasteiger partial charge in [0.05, 0.1) is 10.5 Å². The second kappa shape index (κ2) is 8.27. The topological polar surface area (TPSA) is 87.9 Å². The van der Waals surface area contributed by atoms with Crippen LogP contribution in [0.25, 0.3) is 6.08 Å². The summed E-state index contributed by atoms with van der Waals surface area (Å²) in [5.41, 5.74) is 3.08. The van der Waals surface area contributed by atoms with Gasteiger partial charge in [0, 0.05) is 23.8 Å². The number of ketones is 1. The standard InChI is InChI=1S/C26H19NO6/c1-16-19(12-18-4-2-3-5-23(18)32-16)13-25-26(28)22-11-10-21(14-24(22)33-25)31-15-17-6-8-20(9-7-17)27(29)30/h2-14,16H,15H2,1H3/b25-13-/t16-/m0/s1. The molecule has 2 aliphatic heterocycles. The summed E-state index contributed by atoms with van der Waals surface area (Å²) in [6.07, 6.45) is 3.50. The van der Waals surface area contributed by atoms with Crippen molar-refractivity contribution in [3.63, 3.8) is 0 Å². The van der Waals surface area contributed by atoms with Gasteiger partial charge in [-0.2, -0.15) is 0 Å². The number of para-hydroxylation sites is 1. The lowest BCUT2D eigenvalue weighted by atomic mass is 10.0. The quantitative estimate of drug-likeness (QED) is 0.295. The Labute approximate surface area is 189 Å². The molecule has 5 rings (SSSR count). The second-order valence-corrected chi connectivity index (χ2v) is 7.75. The Kier molecular flexibility index (Phi) is 5.14. The Hall–Kier alpha value is -4.39. The highest BCUT2D eigenvalue weighted by Crippen LogP contribution is 2.36. The molecule has 33 heavy (non-hydrogen) atoms. The monoisotopic (exact) mass is 441 g/mol. The van der Waals surface area contributed by atoms with Crippen molar-refractivity contribution in [1.29, 1.82) is 0 Å². The van der Waals surface area contributed by atoms with Crippen LogP contribution in [0.5, 0.6) is 17.2 Å². The van der Waals surface area contributed by atoms with Crippen molar-refractivity contribution in [1.82, 2.24) is 0 Å². The molecule has 0 aliphatic carbocycles. The lowest BCUT2D eigenvalue weighted by Gasteiger charge is -2.22. The molecule has 0 bridgehead atoms. The molecule has 0 N–H and O–H groups in total. The van der Waals surface area contributed by atoms with E-state index in [2.05, 4.69) is 0 Å². The zero-order valence-corrected chi connectivity index (χ0v) is 17.7. The van der Waals surface area contributed by atoms with Gasteiger partial charge in [-0.3, -0.25) is 14.9 Å². The Morgan fingerprint density at radius 2 is 1.85 bits per heavy atom. The molecule has 164 valence electrons. The van der Waals surface area contributed by atoms with Crippen LogP contribution in [-0.4, -0.2) is 16.8 Å². The minimum absolute atomic E-state index is 0.0267. The second-order valence-electron chi connectivity index (χ2n) is 7.75. The van der Waals surface area contributed by atoms with Crippen LogP contribution in [0.2, 0.25) is 0 Å². The summed E-state index contributed by atoms with van der Waals surface area (Å²) < 4.78 is 17.6. The van der Waals surface area contributed by atoms with Crippen LogP contribution in [-0.2, 0) is 6.61 Å². The van der Waals surface area contributed by atoms with Crippen molar-refractivity contribution in [2.45, 2.75) is 19.6 Å². The average Bonchev–Trinajstić information content (AvgIpc) is 3.13. The molecule has 0 saturated carbocycles. The predicted octanol–water partition coefficient (Wildman–Crippen LogP) is 5.50. The highest BCUT2D eigenvalue weighted by Gasteiger charge is 2.29. The third-order valence-electron chi connectivity index (χ3n) is 5.51. The molecule has 0 amide bonds. The number of nitro benzene ring substituents is 1. The Morgan fingerprint density at radius 3 is 2.64 bits per heavy atom. The lowest BCUT2D eigenvalue weighted by Crippen LogP contribution is -2.18. The molecule has 1 atom stereocenters. The number of carbonyl (C=O) groups excluding carboxylic acids is 1. The van der Waals surface area contributed by atoms with Crippen molar-refractivity contribution in [3.05, 3.63) is 111 Å². The van der Waals surface area contributed by atoms with Gasteiger partial charge in [0.15, 0.2) is 5.76 Å². The van der Waals surface area contributed by atoms with Crippen LogP contribution in [0.3, 0.4) is 0 Å². The maximum absolute atomic E-state index is 12.8. The number of Topliss-reactive ketones (excluding diaryl/α,β-unsaturated/α-hetero) is 1. The van der Waals surface area contributed by atoms with E-state index in [-0.39, 0.29) is 29.9 Å². The van der Waals surface area contributed by atoms with E-state index < -0.39 is 4.92 Å². The highest BCUT2D eigenvalue weighted by atomic mass is 16.6. The van der Waals surface area contributed by atoms with Crippen molar-refractivity contribution in [2.24, 2.45) is 0 Å². The Balaban J connectivity index is 1.32. The average molecular weight is 441 g/mol. The molecule has 0 unspecified atom stereocenters. The van der Waals surface area contributed by atoms with E-state index in [0.717, 1.165) is 22.4 Å². The number of nitro groups is 1. The number of ether oxygens (including phenoxy) is 3. The number of hydrogen-bond acceptors (Lipinski definition) is 6. The molecule has 0 saturated heterocycles. The van der Waals surface area contributed by atoms with Crippen LogP contribution >= 0.6 is 0 Å². The van der Waals surface area contributed by atoms with E-state index in [9.17, 15) is 14.9 Å².